The monoisotopic (exact) mass is 744 g/mol. The van der Waals surface area contributed by atoms with Gasteiger partial charge < -0.3 is 19.3 Å². The first kappa shape index (κ1) is 49.1. The van der Waals surface area contributed by atoms with E-state index in [1.165, 1.54) is 18.4 Å². The molecule has 6 nitrogen and oxygen atoms in total. The summed E-state index contributed by atoms with van der Waals surface area (Å²) in [6.45, 7) is 38.2. The lowest BCUT2D eigenvalue weighted by Crippen LogP contribution is -2.17. The molecule has 0 saturated carbocycles. The van der Waals surface area contributed by atoms with Gasteiger partial charge >= 0.3 is 5.97 Å². The highest BCUT2D eigenvalue weighted by molar-refractivity contribution is 5.87. The van der Waals surface area contributed by atoms with E-state index in [-0.39, 0.29) is 6.61 Å². The lowest BCUT2D eigenvalue weighted by atomic mass is 10.1. The van der Waals surface area contributed by atoms with E-state index < -0.39 is 5.97 Å². The number of carbonyl (C=O) groups excluding carboxylic acids is 2. The van der Waals surface area contributed by atoms with Gasteiger partial charge in [0.15, 0.2) is 0 Å². The van der Waals surface area contributed by atoms with Crippen molar-refractivity contribution in [3.8, 4) is 0 Å². The van der Waals surface area contributed by atoms with Gasteiger partial charge in [-0.2, -0.15) is 0 Å². The Balaban J connectivity index is 0.00000261. The van der Waals surface area contributed by atoms with Gasteiger partial charge in [0.05, 0.1) is 13.2 Å². The van der Waals surface area contributed by atoms with Crippen LogP contribution in [0.5, 0.6) is 0 Å². The molecule has 6 heteroatoms. The molecule has 0 fully saturated rings. The summed E-state index contributed by atoms with van der Waals surface area (Å²) < 4.78 is 10.2. The van der Waals surface area contributed by atoms with Crippen LogP contribution < -0.4 is 9.80 Å². The van der Waals surface area contributed by atoms with E-state index in [9.17, 15) is 9.59 Å². The van der Waals surface area contributed by atoms with Crippen molar-refractivity contribution in [1.29, 1.82) is 0 Å². The minimum Gasteiger partial charge on any atom is -0.468 e. The van der Waals surface area contributed by atoms with Crippen LogP contribution in [-0.2, 0) is 31.9 Å². The number of ether oxygens (including phenoxy) is 2. The topological polar surface area (TPSA) is 59.1 Å². The van der Waals surface area contributed by atoms with Crippen LogP contribution in [0.25, 0.3) is 0 Å². The smallest absolute Gasteiger partial charge is 0.333 e. The van der Waals surface area contributed by atoms with Crippen LogP contribution in [0.3, 0.4) is 0 Å². The van der Waals surface area contributed by atoms with E-state index in [4.69, 9.17) is 9.47 Å². The van der Waals surface area contributed by atoms with Crippen molar-refractivity contribution < 1.29 is 19.1 Å². The van der Waals surface area contributed by atoms with Gasteiger partial charge in [0.2, 0.25) is 0 Å². The molecule has 0 amide bonds. The summed E-state index contributed by atoms with van der Waals surface area (Å²) in [5, 5.41) is 0. The minimum atomic E-state index is -0.397. The first-order chi connectivity index (χ1) is 26.4. The van der Waals surface area contributed by atoms with Gasteiger partial charge in [-0.1, -0.05) is 115 Å². The molecule has 55 heavy (non-hydrogen) atoms. The normalized spacial score (nSPS) is 10.2. The van der Waals surface area contributed by atoms with Gasteiger partial charge in [0.1, 0.15) is 0 Å². The molecule has 0 saturated heterocycles. The molecule has 0 unspecified atom stereocenters. The largest absolute Gasteiger partial charge is 0.468 e. The summed E-state index contributed by atoms with van der Waals surface area (Å²) in [4.78, 5) is 26.6. The molecule has 3 aromatic carbocycles. The number of rotatable bonds is 18. The third-order valence-electron chi connectivity index (χ3n) is 6.76. The molecule has 0 aliphatic carbocycles. The highest BCUT2D eigenvalue weighted by atomic mass is 16.5. The predicted octanol–water partition coefficient (Wildman–Crippen LogP) is 13.3. The lowest BCUT2D eigenvalue weighted by molar-refractivity contribution is -0.138. The number of anilines is 4. The molecule has 0 radical (unpaired) electrons. The first-order valence-electron chi connectivity index (χ1n) is 18.7. The summed E-state index contributed by atoms with van der Waals surface area (Å²) in [6, 6.07) is 24.3. The number of esters is 1. The summed E-state index contributed by atoms with van der Waals surface area (Å²) in [5.41, 5.74) is 8.93. The van der Waals surface area contributed by atoms with Crippen molar-refractivity contribution in [1.82, 2.24) is 0 Å². The van der Waals surface area contributed by atoms with Crippen molar-refractivity contribution in [2.75, 3.05) is 23.0 Å². The van der Waals surface area contributed by atoms with Gasteiger partial charge in [-0.25, -0.2) is 4.79 Å². The Morgan fingerprint density at radius 3 is 1.35 bits per heavy atom. The summed E-state index contributed by atoms with van der Waals surface area (Å²) >= 11 is 0. The van der Waals surface area contributed by atoms with Gasteiger partial charge in [0.25, 0.3) is 6.47 Å². The van der Waals surface area contributed by atoms with E-state index in [1.54, 1.807) is 31.2 Å². The second-order valence-corrected chi connectivity index (χ2v) is 12.6. The molecule has 294 valence electrons. The van der Waals surface area contributed by atoms with E-state index in [0.29, 0.717) is 31.5 Å². The van der Waals surface area contributed by atoms with Crippen molar-refractivity contribution in [3.63, 3.8) is 0 Å². The molecule has 0 spiro atoms. The van der Waals surface area contributed by atoms with E-state index in [2.05, 4.69) is 89.1 Å². The average Bonchev–Trinajstić information content (AvgIpc) is 3.16. The first-order valence-corrected chi connectivity index (χ1v) is 18.7. The van der Waals surface area contributed by atoms with Gasteiger partial charge in [0, 0.05) is 52.6 Å². The van der Waals surface area contributed by atoms with E-state index in [0.717, 1.165) is 45.3 Å². The summed E-state index contributed by atoms with van der Waals surface area (Å²) in [7, 11) is 0. The minimum absolute atomic E-state index is 0.256. The second-order valence-electron chi connectivity index (χ2n) is 12.6. The molecule has 0 bridgehead atoms. The fourth-order valence-electron chi connectivity index (χ4n) is 4.67. The van der Waals surface area contributed by atoms with Gasteiger partial charge in [-0.15, -0.1) is 6.58 Å². The Morgan fingerprint density at radius 2 is 1.02 bits per heavy atom. The van der Waals surface area contributed by atoms with E-state index >= 15 is 0 Å². The fraction of sp³-hybridized carbons (Fsp3) is 0.265. The number of nitrogens with zero attached hydrogens (tertiary/aromatic N) is 2. The SMILES string of the molecule is C=C(C)C.C=C/C=C(\C=C)N(c1ccc(N(/C(C=C)=C/C=C)c2cccc(CCOC(=O)C(=C)C)c2)cc1)c1cccc(CCOC=O)c1.CCC.CCC. The molecule has 0 aromatic heterocycles. The Hall–Kier alpha value is -5.88. The maximum atomic E-state index is 11.8. The molecule has 0 N–H and O–H groups in total. The Bertz CT molecular complexity index is 1720. The molecule has 0 aliphatic heterocycles. The standard InChI is InChI=1S/C39H40N2O4.C4H8.2C3H8/c1-7-13-33(9-3)40(37-17-11-15-31(27-37)23-25-44-29-42)35-19-21-36(22-20-35)41(34(10-4)14-8-2)38-18-12-16-32(28-38)24-26-45-39(43)30(5)6;1-4(2)3;2*1-3-2/h7-22,27-29H,1-5,23-26H2,6H3;1H2,2-3H3;2*3H2,1-2H3/b33-13+,34-14+;;;. The van der Waals surface area contributed by atoms with E-state index in [1.807, 2.05) is 86.7 Å². The number of carbonyl (C=O) groups is 2. The van der Waals surface area contributed by atoms with Gasteiger partial charge in [-0.05, 0) is 105 Å². The number of hydrogen-bond acceptors (Lipinski definition) is 6. The quantitative estimate of drug-likeness (QED) is 0.0323. The number of hydrogen-bond donors (Lipinski definition) is 0. The van der Waals surface area contributed by atoms with Crippen LogP contribution in [0.2, 0.25) is 0 Å². The zero-order valence-corrected chi connectivity index (χ0v) is 34.5. The van der Waals surface area contributed by atoms with Crippen molar-refractivity contribution >= 4 is 35.2 Å². The van der Waals surface area contributed by atoms with Crippen LogP contribution in [0.4, 0.5) is 22.7 Å². The third kappa shape index (κ3) is 19.1. The predicted molar refractivity (Wildman–Crippen MR) is 238 cm³/mol. The highest BCUT2D eigenvalue weighted by Gasteiger charge is 2.17. The average molecular weight is 745 g/mol. The summed E-state index contributed by atoms with van der Waals surface area (Å²) in [5.74, 6) is -0.397. The molecule has 3 aromatic rings. The zero-order valence-electron chi connectivity index (χ0n) is 34.5. The Labute approximate surface area is 332 Å². The maximum Gasteiger partial charge on any atom is 0.333 e. The second kappa shape index (κ2) is 29.6. The van der Waals surface area contributed by atoms with Crippen LogP contribution in [0.15, 0.2) is 171 Å². The number of allylic oxidation sites excluding steroid dienone is 7. The van der Waals surface area contributed by atoms with Crippen LogP contribution in [0.1, 0.15) is 72.4 Å². The third-order valence-corrected chi connectivity index (χ3v) is 6.76. The molecular weight excluding hydrogens is 681 g/mol. The van der Waals surface area contributed by atoms with Crippen LogP contribution in [-0.4, -0.2) is 25.7 Å². The summed E-state index contributed by atoms with van der Waals surface area (Å²) in [6.07, 6.45) is 14.5. The number of benzene rings is 3. The highest BCUT2D eigenvalue weighted by Crippen LogP contribution is 2.36. The Kier molecular flexibility index (Phi) is 26.4. The zero-order chi connectivity index (χ0) is 41.6. The molecular formula is C49H64N2O4. The van der Waals surface area contributed by atoms with Crippen molar-refractivity contribution in [2.45, 2.75) is 74.1 Å². The van der Waals surface area contributed by atoms with Gasteiger partial charge in [-0.3, -0.25) is 4.79 Å². The Morgan fingerprint density at radius 1 is 0.636 bits per heavy atom. The molecule has 0 heterocycles. The molecule has 0 aliphatic rings. The maximum absolute atomic E-state index is 11.8. The van der Waals surface area contributed by atoms with Crippen LogP contribution in [0, 0.1) is 0 Å². The molecule has 0 atom stereocenters. The lowest BCUT2D eigenvalue weighted by Gasteiger charge is -2.29. The van der Waals surface area contributed by atoms with Crippen molar-refractivity contribution in [3.05, 3.63) is 182 Å². The molecule has 3 rings (SSSR count). The van der Waals surface area contributed by atoms with Crippen LogP contribution >= 0.6 is 0 Å². The van der Waals surface area contributed by atoms with Crippen molar-refractivity contribution in [2.24, 2.45) is 0 Å². The fourth-order valence-corrected chi connectivity index (χ4v) is 4.67.